The maximum atomic E-state index is 12.4. The van der Waals surface area contributed by atoms with Crippen molar-refractivity contribution < 1.29 is 19.1 Å². The third-order valence-corrected chi connectivity index (χ3v) is 4.70. The van der Waals surface area contributed by atoms with Crippen molar-refractivity contribution >= 4 is 29.2 Å². The number of hydrazone groups is 1. The number of nitrogens with zero attached hydrogens (tertiary/aromatic N) is 2. The molecular formula is C22H23N3O4. The minimum Gasteiger partial charge on any atom is -0.465 e. The monoisotopic (exact) mass is 393 g/mol. The number of ether oxygens (including phenoxy) is 1. The summed E-state index contributed by atoms with van der Waals surface area (Å²) >= 11 is 0. The van der Waals surface area contributed by atoms with Gasteiger partial charge in [0.05, 0.1) is 24.9 Å². The minimum absolute atomic E-state index is 0.0351. The van der Waals surface area contributed by atoms with Crippen LogP contribution in [0.15, 0.2) is 53.6 Å². The third-order valence-electron chi connectivity index (χ3n) is 4.70. The molecule has 0 aromatic heterocycles. The Labute approximate surface area is 169 Å². The van der Waals surface area contributed by atoms with Crippen molar-refractivity contribution in [2.24, 2.45) is 5.10 Å². The fourth-order valence-corrected chi connectivity index (χ4v) is 3.03. The van der Waals surface area contributed by atoms with E-state index < -0.39 is 5.97 Å². The molecule has 2 amide bonds. The number of hydrogen-bond donors (Lipinski definition) is 1. The standard InChI is InChI=1S/C22H23N3O4/c1-15-8-9-17(22(28)29-2)14-19(15)23-20(26)10-11-21(27)25-13-12-18(24-25)16-6-4-3-5-7-16/h3-9,14H,10-13H2,1-2H3,(H,23,26). The summed E-state index contributed by atoms with van der Waals surface area (Å²) in [5.74, 6) is -0.960. The summed E-state index contributed by atoms with van der Waals surface area (Å²) in [6.07, 6.45) is 0.794. The Morgan fingerprint density at radius 1 is 1.10 bits per heavy atom. The van der Waals surface area contributed by atoms with Crippen molar-refractivity contribution in [2.45, 2.75) is 26.2 Å². The van der Waals surface area contributed by atoms with Gasteiger partial charge in [-0.05, 0) is 30.2 Å². The molecule has 0 saturated heterocycles. The number of carbonyl (C=O) groups is 3. The Hall–Kier alpha value is -3.48. The second-order valence-corrected chi connectivity index (χ2v) is 6.75. The topological polar surface area (TPSA) is 88.1 Å². The summed E-state index contributed by atoms with van der Waals surface area (Å²) in [6, 6.07) is 14.7. The Morgan fingerprint density at radius 3 is 2.59 bits per heavy atom. The molecule has 3 rings (SSSR count). The van der Waals surface area contributed by atoms with Crippen LogP contribution in [0.4, 0.5) is 5.69 Å². The first-order chi connectivity index (χ1) is 14.0. The van der Waals surface area contributed by atoms with Gasteiger partial charge in [0.15, 0.2) is 0 Å². The Bertz CT molecular complexity index is 954. The lowest BCUT2D eigenvalue weighted by Gasteiger charge is -2.12. The first-order valence-corrected chi connectivity index (χ1v) is 9.40. The van der Waals surface area contributed by atoms with E-state index >= 15 is 0 Å². The number of methoxy groups -OCH3 is 1. The molecule has 0 bridgehead atoms. The second-order valence-electron chi connectivity index (χ2n) is 6.75. The third kappa shape index (κ3) is 5.07. The number of rotatable bonds is 6. The smallest absolute Gasteiger partial charge is 0.337 e. The van der Waals surface area contributed by atoms with Crippen LogP contribution in [0.1, 0.15) is 40.7 Å². The fourth-order valence-electron chi connectivity index (χ4n) is 3.03. The van der Waals surface area contributed by atoms with Gasteiger partial charge in [-0.25, -0.2) is 9.80 Å². The molecule has 7 nitrogen and oxygen atoms in total. The lowest BCUT2D eigenvalue weighted by molar-refractivity contribution is -0.132. The van der Waals surface area contributed by atoms with Crippen molar-refractivity contribution in [3.05, 3.63) is 65.2 Å². The van der Waals surface area contributed by atoms with E-state index in [1.165, 1.54) is 12.1 Å². The van der Waals surface area contributed by atoms with Crippen LogP contribution >= 0.6 is 0 Å². The zero-order valence-electron chi connectivity index (χ0n) is 16.5. The molecule has 0 saturated carbocycles. The van der Waals surface area contributed by atoms with Crippen molar-refractivity contribution in [2.75, 3.05) is 19.0 Å². The van der Waals surface area contributed by atoms with E-state index in [9.17, 15) is 14.4 Å². The highest BCUT2D eigenvalue weighted by atomic mass is 16.5. The largest absolute Gasteiger partial charge is 0.465 e. The summed E-state index contributed by atoms with van der Waals surface area (Å²) in [7, 11) is 1.30. The number of anilines is 1. The molecule has 1 N–H and O–H groups in total. The first kappa shape index (κ1) is 20.3. The van der Waals surface area contributed by atoms with E-state index in [0.717, 1.165) is 16.8 Å². The van der Waals surface area contributed by atoms with E-state index in [-0.39, 0.29) is 24.7 Å². The summed E-state index contributed by atoms with van der Waals surface area (Å²) in [4.78, 5) is 36.3. The molecule has 150 valence electrons. The highest BCUT2D eigenvalue weighted by molar-refractivity contribution is 6.03. The van der Waals surface area contributed by atoms with E-state index in [0.29, 0.717) is 24.2 Å². The van der Waals surface area contributed by atoms with Crippen molar-refractivity contribution in [3.8, 4) is 0 Å². The zero-order valence-corrected chi connectivity index (χ0v) is 16.5. The molecule has 0 atom stereocenters. The van der Waals surface area contributed by atoms with E-state index in [1.807, 2.05) is 37.3 Å². The first-order valence-electron chi connectivity index (χ1n) is 9.40. The van der Waals surface area contributed by atoms with Gasteiger partial charge in [-0.3, -0.25) is 9.59 Å². The number of nitrogens with one attached hydrogen (secondary N) is 1. The quantitative estimate of drug-likeness (QED) is 0.764. The molecule has 0 spiro atoms. The van der Waals surface area contributed by atoms with Gasteiger partial charge in [0.1, 0.15) is 0 Å². The average Bonchev–Trinajstić information content (AvgIpc) is 3.24. The predicted molar refractivity (Wildman–Crippen MR) is 110 cm³/mol. The van der Waals surface area contributed by atoms with Crippen molar-refractivity contribution in [3.63, 3.8) is 0 Å². The van der Waals surface area contributed by atoms with Gasteiger partial charge in [-0.2, -0.15) is 5.10 Å². The van der Waals surface area contributed by atoms with Gasteiger partial charge in [0.2, 0.25) is 11.8 Å². The second kappa shape index (κ2) is 9.14. The Balaban J connectivity index is 1.55. The summed E-state index contributed by atoms with van der Waals surface area (Å²) in [5, 5.41) is 8.58. The zero-order chi connectivity index (χ0) is 20.8. The van der Waals surface area contributed by atoms with Crippen LogP contribution in [0.5, 0.6) is 0 Å². The highest BCUT2D eigenvalue weighted by Gasteiger charge is 2.22. The van der Waals surface area contributed by atoms with Gasteiger partial charge in [0.25, 0.3) is 0 Å². The van der Waals surface area contributed by atoms with Crippen LogP contribution in [0.25, 0.3) is 0 Å². The van der Waals surface area contributed by atoms with Crippen LogP contribution in [0.2, 0.25) is 0 Å². The summed E-state index contributed by atoms with van der Waals surface area (Å²) in [6.45, 7) is 2.34. The SMILES string of the molecule is COC(=O)c1ccc(C)c(NC(=O)CCC(=O)N2CCC(c3ccccc3)=N2)c1. The summed E-state index contributed by atoms with van der Waals surface area (Å²) < 4.78 is 4.70. The van der Waals surface area contributed by atoms with Crippen LogP contribution in [0, 0.1) is 6.92 Å². The molecule has 2 aromatic rings. The summed E-state index contributed by atoms with van der Waals surface area (Å²) in [5.41, 5.74) is 3.56. The molecule has 0 radical (unpaired) electrons. The molecule has 7 heteroatoms. The predicted octanol–water partition coefficient (Wildman–Crippen LogP) is 3.14. The molecule has 0 unspecified atom stereocenters. The highest BCUT2D eigenvalue weighted by Crippen LogP contribution is 2.19. The molecule has 1 heterocycles. The van der Waals surface area contributed by atoms with Gasteiger partial charge >= 0.3 is 5.97 Å². The Kier molecular flexibility index (Phi) is 6.39. The van der Waals surface area contributed by atoms with Gasteiger partial charge in [-0.15, -0.1) is 0 Å². The van der Waals surface area contributed by atoms with Gasteiger partial charge in [-0.1, -0.05) is 36.4 Å². The van der Waals surface area contributed by atoms with E-state index in [1.54, 1.807) is 18.2 Å². The van der Waals surface area contributed by atoms with Gasteiger partial charge < -0.3 is 10.1 Å². The lowest BCUT2D eigenvalue weighted by atomic mass is 10.1. The fraction of sp³-hybridized carbons (Fsp3) is 0.273. The molecule has 0 fully saturated rings. The van der Waals surface area contributed by atoms with Crippen molar-refractivity contribution in [1.29, 1.82) is 0 Å². The van der Waals surface area contributed by atoms with Crippen LogP contribution in [0.3, 0.4) is 0 Å². The maximum Gasteiger partial charge on any atom is 0.337 e. The number of hydrogen-bond acceptors (Lipinski definition) is 5. The van der Waals surface area contributed by atoms with Crippen LogP contribution in [-0.2, 0) is 14.3 Å². The number of esters is 1. The average molecular weight is 393 g/mol. The van der Waals surface area contributed by atoms with Gasteiger partial charge in [0, 0.05) is 24.9 Å². The van der Waals surface area contributed by atoms with Crippen molar-refractivity contribution in [1.82, 2.24) is 5.01 Å². The molecule has 1 aliphatic heterocycles. The van der Waals surface area contributed by atoms with E-state index in [2.05, 4.69) is 10.4 Å². The molecule has 0 aliphatic carbocycles. The number of carbonyl (C=O) groups excluding carboxylic acids is 3. The minimum atomic E-state index is -0.475. The molecular weight excluding hydrogens is 370 g/mol. The van der Waals surface area contributed by atoms with E-state index in [4.69, 9.17) is 4.74 Å². The number of amides is 2. The molecule has 2 aromatic carbocycles. The number of aryl methyl sites for hydroxylation is 1. The van der Waals surface area contributed by atoms with Crippen LogP contribution in [-0.4, -0.2) is 42.2 Å². The number of benzene rings is 2. The normalized spacial score (nSPS) is 13.0. The Morgan fingerprint density at radius 2 is 1.86 bits per heavy atom. The lowest BCUT2D eigenvalue weighted by Crippen LogP contribution is -2.25. The molecule has 29 heavy (non-hydrogen) atoms. The van der Waals surface area contributed by atoms with Crippen LogP contribution < -0.4 is 5.32 Å². The maximum absolute atomic E-state index is 12.4. The molecule has 1 aliphatic rings.